The van der Waals surface area contributed by atoms with Crippen molar-refractivity contribution in [3.8, 4) is 0 Å². The molecule has 43 heavy (non-hydrogen) atoms. The molecule has 0 bridgehead atoms. The monoisotopic (exact) mass is 599 g/mol. The molecule has 2 amide bonds. The highest BCUT2D eigenvalue weighted by Gasteiger charge is 2.51. The van der Waals surface area contributed by atoms with Gasteiger partial charge in [0.2, 0.25) is 5.95 Å². The summed E-state index contributed by atoms with van der Waals surface area (Å²) in [5, 5.41) is 22.1. The molecule has 1 aliphatic rings. The van der Waals surface area contributed by atoms with Gasteiger partial charge in [-0.1, -0.05) is 72.3 Å². The standard InChI is InChI=1S/C32H27ClFN5O4/c1-37(19-20-8-3-2-4-9-20)16-17-38(31(41)42)30-35-25-15-14-21(18-26(25)36-30)32(43)23-11-6-5-10-22(23)29(40)39(32)27-13-7-12-24(33)28(27)34/h2-15,18,43H,16-17,19H2,1H3,(H,35,36)(H,41,42). The van der Waals surface area contributed by atoms with Gasteiger partial charge in [0.1, 0.15) is 0 Å². The summed E-state index contributed by atoms with van der Waals surface area (Å²) < 4.78 is 15.3. The molecule has 0 saturated heterocycles. The van der Waals surface area contributed by atoms with Crippen molar-refractivity contribution in [1.82, 2.24) is 14.9 Å². The molecule has 6 rings (SSSR count). The van der Waals surface area contributed by atoms with Gasteiger partial charge in [-0.25, -0.2) is 19.1 Å². The minimum atomic E-state index is -2.09. The van der Waals surface area contributed by atoms with Gasteiger partial charge >= 0.3 is 6.09 Å². The third kappa shape index (κ3) is 4.99. The number of imidazole rings is 1. The van der Waals surface area contributed by atoms with Crippen molar-refractivity contribution in [2.75, 3.05) is 29.9 Å². The van der Waals surface area contributed by atoms with Crippen molar-refractivity contribution in [1.29, 1.82) is 0 Å². The fourth-order valence-electron chi connectivity index (χ4n) is 5.47. The Morgan fingerprint density at radius 2 is 1.77 bits per heavy atom. The number of carbonyl (C=O) groups excluding carboxylic acids is 1. The Morgan fingerprint density at radius 1 is 1.02 bits per heavy atom. The van der Waals surface area contributed by atoms with Crippen LogP contribution in [0.15, 0.2) is 91.0 Å². The number of benzene rings is 4. The maximum Gasteiger partial charge on any atom is 0.414 e. The molecule has 0 aliphatic carbocycles. The van der Waals surface area contributed by atoms with Crippen LogP contribution >= 0.6 is 11.6 Å². The first-order valence-corrected chi connectivity index (χ1v) is 13.9. The van der Waals surface area contributed by atoms with E-state index < -0.39 is 23.5 Å². The Hall–Kier alpha value is -4.77. The van der Waals surface area contributed by atoms with Crippen LogP contribution in [0.4, 0.5) is 20.8 Å². The molecule has 0 saturated carbocycles. The number of aliphatic hydroxyl groups is 1. The first-order chi connectivity index (χ1) is 20.7. The van der Waals surface area contributed by atoms with Gasteiger partial charge in [-0.2, -0.15) is 0 Å². The number of H-pyrrole nitrogens is 1. The first-order valence-electron chi connectivity index (χ1n) is 13.5. The van der Waals surface area contributed by atoms with Gasteiger partial charge in [0, 0.05) is 36.3 Å². The normalized spacial score (nSPS) is 16.2. The number of nitrogens with zero attached hydrogens (tertiary/aromatic N) is 4. The summed E-state index contributed by atoms with van der Waals surface area (Å²) in [4.78, 5) is 37.5. The average molecular weight is 600 g/mol. The van der Waals surface area contributed by atoms with Gasteiger partial charge in [-0.15, -0.1) is 0 Å². The third-order valence-corrected chi connectivity index (χ3v) is 7.88. The molecular formula is C32H27ClFN5O4. The molecule has 1 unspecified atom stereocenters. The molecular weight excluding hydrogens is 573 g/mol. The van der Waals surface area contributed by atoms with Crippen LogP contribution in [0.1, 0.15) is 27.0 Å². The smallest absolute Gasteiger partial charge is 0.414 e. The van der Waals surface area contributed by atoms with Crippen molar-refractivity contribution in [2.24, 2.45) is 0 Å². The maximum absolute atomic E-state index is 15.3. The molecule has 1 aliphatic heterocycles. The fourth-order valence-corrected chi connectivity index (χ4v) is 5.64. The number of aromatic nitrogens is 2. The van der Waals surface area contributed by atoms with E-state index in [2.05, 4.69) is 9.97 Å². The van der Waals surface area contributed by atoms with Crippen LogP contribution in [0.5, 0.6) is 0 Å². The SMILES string of the molecule is CN(CCN(C(=O)O)c1nc2ccc(C3(O)c4ccccc4C(=O)N3c3cccc(Cl)c3F)cc2[nH]1)Cc1ccccc1. The Balaban J connectivity index is 1.35. The van der Waals surface area contributed by atoms with Crippen LogP contribution < -0.4 is 9.80 Å². The van der Waals surface area contributed by atoms with Gasteiger partial charge in [0.15, 0.2) is 11.5 Å². The molecule has 218 valence electrons. The van der Waals surface area contributed by atoms with Crippen LogP contribution in [0.3, 0.4) is 0 Å². The van der Waals surface area contributed by atoms with E-state index in [1.807, 2.05) is 42.3 Å². The summed E-state index contributed by atoms with van der Waals surface area (Å²) in [6, 6.07) is 25.4. The number of rotatable bonds is 8. The number of carbonyl (C=O) groups is 2. The minimum absolute atomic E-state index is 0.111. The number of amides is 2. The number of fused-ring (bicyclic) bond motifs is 2. The molecule has 0 fully saturated rings. The number of hydrogen-bond acceptors (Lipinski definition) is 5. The van der Waals surface area contributed by atoms with E-state index >= 15 is 4.39 Å². The van der Waals surface area contributed by atoms with E-state index in [4.69, 9.17) is 11.6 Å². The van der Waals surface area contributed by atoms with Crippen LogP contribution in [0.2, 0.25) is 5.02 Å². The van der Waals surface area contributed by atoms with Gasteiger partial charge in [-0.3, -0.25) is 9.69 Å². The van der Waals surface area contributed by atoms with Crippen molar-refractivity contribution in [3.05, 3.63) is 124 Å². The van der Waals surface area contributed by atoms with Crippen LogP contribution in [-0.2, 0) is 12.3 Å². The molecule has 9 nitrogen and oxygen atoms in total. The van der Waals surface area contributed by atoms with Gasteiger partial charge in [-0.05, 0) is 42.9 Å². The van der Waals surface area contributed by atoms with Crippen molar-refractivity contribution in [2.45, 2.75) is 12.3 Å². The molecule has 1 aromatic heterocycles. The molecule has 4 aromatic carbocycles. The average Bonchev–Trinajstić information content (AvgIpc) is 3.51. The lowest BCUT2D eigenvalue weighted by Crippen LogP contribution is -2.45. The number of carboxylic acid groups (broad SMARTS) is 1. The minimum Gasteiger partial charge on any atom is -0.465 e. The molecule has 0 spiro atoms. The van der Waals surface area contributed by atoms with Gasteiger partial charge in [0.05, 0.1) is 21.7 Å². The van der Waals surface area contributed by atoms with E-state index in [0.29, 0.717) is 24.1 Å². The summed E-state index contributed by atoms with van der Waals surface area (Å²) in [5.41, 5.74) is 0.442. The Morgan fingerprint density at radius 3 is 2.53 bits per heavy atom. The van der Waals surface area contributed by atoms with E-state index in [0.717, 1.165) is 15.4 Å². The topological polar surface area (TPSA) is 113 Å². The number of hydrogen-bond donors (Lipinski definition) is 3. The summed E-state index contributed by atoms with van der Waals surface area (Å²) in [6.07, 6.45) is -1.18. The quantitative estimate of drug-likeness (QED) is 0.207. The fraction of sp³-hybridized carbons (Fsp3) is 0.156. The highest BCUT2D eigenvalue weighted by atomic mass is 35.5. The number of nitrogens with one attached hydrogen (secondary N) is 1. The molecule has 0 radical (unpaired) electrons. The Kier molecular flexibility index (Phi) is 7.35. The first kappa shape index (κ1) is 28.4. The van der Waals surface area contributed by atoms with Crippen molar-refractivity contribution < 1.29 is 24.2 Å². The summed E-state index contributed by atoms with van der Waals surface area (Å²) in [5.74, 6) is -1.33. The number of aromatic amines is 1. The van der Waals surface area contributed by atoms with E-state index in [-0.39, 0.29) is 39.9 Å². The van der Waals surface area contributed by atoms with E-state index in [1.54, 1.807) is 42.5 Å². The molecule has 11 heteroatoms. The zero-order valence-corrected chi connectivity index (χ0v) is 23.8. The van der Waals surface area contributed by atoms with E-state index in [1.165, 1.54) is 18.2 Å². The maximum atomic E-state index is 15.3. The lowest BCUT2D eigenvalue weighted by molar-refractivity contribution is 0.0699. The van der Waals surface area contributed by atoms with Crippen LogP contribution in [-0.4, -0.2) is 57.2 Å². The largest absolute Gasteiger partial charge is 0.465 e. The lowest BCUT2D eigenvalue weighted by atomic mass is 9.93. The van der Waals surface area contributed by atoms with Gasteiger partial charge < -0.3 is 20.1 Å². The van der Waals surface area contributed by atoms with Crippen molar-refractivity contribution >= 4 is 46.3 Å². The molecule has 2 heterocycles. The van der Waals surface area contributed by atoms with Crippen molar-refractivity contribution in [3.63, 3.8) is 0 Å². The Labute approximate surface area is 251 Å². The van der Waals surface area contributed by atoms with Crippen LogP contribution in [0.25, 0.3) is 11.0 Å². The lowest BCUT2D eigenvalue weighted by Gasteiger charge is -2.35. The predicted molar refractivity (Wildman–Crippen MR) is 162 cm³/mol. The molecule has 1 atom stereocenters. The highest BCUT2D eigenvalue weighted by Crippen LogP contribution is 2.46. The zero-order chi connectivity index (χ0) is 30.3. The number of halogens is 2. The van der Waals surface area contributed by atoms with Crippen LogP contribution in [0, 0.1) is 5.82 Å². The second kappa shape index (κ2) is 11.1. The second-order valence-electron chi connectivity index (χ2n) is 10.4. The Bertz CT molecular complexity index is 1850. The summed E-state index contributed by atoms with van der Waals surface area (Å²) in [6.45, 7) is 1.25. The summed E-state index contributed by atoms with van der Waals surface area (Å²) >= 11 is 6.05. The predicted octanol–water partition coefficient (Wildman–Crippen LogP) is 5.83. The number of likely N-dealkylation sites (N-methyl/N-ethyl adjacent to an activating group) is 1. The third-order valence-electron chi connectivity index (χ3n) is 7.59. The van der Waals surface area contributed by atoms with Gasteiger partial charge in [0.25, 0.3) is 5.91 Å². The zero-order valence-electron chi connectivity index (χ0n) is 23.0. The van der Waals surface area contributed by atoms with E-state index in [9.17, 15) is 19.8 Å². The summed E-state index contributed by atoms with van der Waals surface area (Å²) in [7, 11) is 1.91. The molecule has 3 N–H and O–H groups in total. The molecule has 5 aromatic rings. The highest BCUT2D eigenvalue weighted by molar-refractivity contribution is 6.31. The number of anilines is 2. The second-order valence-corrected chi connectivity index (χ2v) is 10.8.